The van der Waals surface area contributed by atoms with Gasteiger partial charge in [0.15, 0.2) is 5.82 Å². The highest BCUT2D eigenvalue weighted by atomic mass is 15.2. The molecule has 0 atom stereocenters. The van der Waals surface area contributed by atoms with Crippen molar-refractivity contribution in [1.82, 2.24) is 9.97 Å². The lowest BCUT2D eigenvalue weighted by molar-refractivity contribution is 0.346. The van der Waals surface area contributed by atoms with Gasteiger partial charge in [0.25, 0.3) is 0 Å². The summed E-state index contributed by atoms with van der Waals surface area (Å²) in [4.78, 5) is 12.6. The van der Waals surface area contributed by atoms with Crippen LogP contribution in [0.2, 0.25) is 0 Å². The molecule has 52 heavy (non-hydrogen) atoms. The maximum Gasteiger partial charge on any atom is 0.160 e. The molecule has 1 aromatic heterocycles. The molecule has 1 saturated carbocycles. The van der Waals surface area contributed by atoms with E-state index in [9.17, 15) is 0 Å². The average molecular weight is 674 g/mol. The van der Waals surface area contributed by atoms with Gasteiger partial charge in [-0.15, -0.1) is 0 Å². The highest BCUT2D eigenvalue weighted by Gasteiger charge is 2.38. The summed E-state index contributed by atoms with van der Waals surface area (Å²) in [6, 6.07) is 59.4. The summed E-state index contributed by atoms with van der Waals surface area (Å²) < 4.78 is 0. The van der Waals surface area contributed by atoms with E-state index in [0.717, 1.165) is 46.7 Å². The van der Waals surface area contributed by atoms with Crippen molar-refractivity contribution >= 4 is 17.1 Å². The standard InChI is InChI=1S/C49H43N3/c1-48(2)41-20-10-12-22-45(41)52(46-23-13-11-21-42(46)48)40-30-28-39(29-31-40)49(32-14-5-15-33-49)38-26-24-36(25-27-38)44-34-43(35-16-6-3-7-17-35)50-47(51-44)37-18-8-4-9-19-37/h3-4,6-13,16-31,34H,5,14-15,32-33H2,1-2H3. The van der Waals surface area contributed by atoms with Crippen molar-refractivity contribution < 1.29 is 0 Å². The molecule has 0 amide bonds. The van der Waals surface area contributed by atoms with Crippen molar-refractivity contribution in [3.8, 4) is 33.9 Å². The maximum absolute atomic E-state index is 5.10. The third kappa shape index (κ3) is 5.52. The van der Waals surface area contributed by atoms with Gasteiger partial charge in [-0.3, -0.25) is 0 Å². The molecule has 0 unspecified atom stereocenters. The topological polar surface area (TPSA) is 29.0 Å². The van der Waals surface area contributed by atoms with Crippen molar-refractivity contribution in [2.75, 3.05) is 4.90 Å². The quantitative estimate of drug-likeness (QED) is 0.176. The lowest BCUT2D eigenvalue weighted by Crippen LogP contribution is -2.31. The Morgan fingerprint density at radius 1 is 0.462 bits per heavy atom. The molecule has 1 fully saturated rings. The van der Waals surface area contributed by atoms with Gasteiger partial charge < -0.3 is 4.90 Å². The van der Waals surface area contributed by atoms with Crippen molar-refractivity contribution in [3.63, 3.8) is 0 Å². The molecule has 254 valence electrons. The summed E-state index contributed by atoms with van der Waals surface area (Å²) >= 11 is 0. The first-order valence-electron chi connectivity index (χ1n) is 18.7. The van der Waals surface area contributed by atoms with E-state index in [1.165, 1.54) is 58.6 Å². The van der Waals surface area contributed by atoms with E-state index >= 15 is 0 Å². The van der Waals surface area contributed by atoms with Crippen molar-refractivity contribution in [2.45, 2.75) is 56.8 Å². The van der Waals surface area contributed by atoms with Crippen molar-refractivity contribution in [1.29, 1.82) is 0 Å². The Morgan fingerprint density at radius 3 is 1.48 bits per heavy atom. The molecule has 2 heterocycles. The lowest BCUT2D eigenvalue weighted by Gasteiger charge is -2.42. The van der Waals surface area contributed by atoms with Gasteiger partial charge in [0, 0.05) is 33.2 Å². The van der Waals surface area contributed by atoms with Gasteiger partial charge in [0.1, 0.15) is 0 Å². The fraction of sp³-hybridized carbons (Fsp3) is 0.184. The van der Waals surface area contributed by atoms with Crippen LogP contribution >= 0.6 is 0 Å². The Balaban J connectivity index is 1.09. The normalized spacial score (nSPS) is 15.8. The van der Waals surface area contributed by atoms with Crippen LogP contribution in [0.1, 0.15) is 68.2 Å². The molecular formula is C49H43N3. The van der Waals surface area contributed by atoms with Crippen LogP contribution in [-0.4, -0.2) is 9.97 Å². The molecule has 2 aliphatic rings. The molecule has 9 rings (SSSR count). The second-order valence-corrected chi connectivity index (χ2v) is 15.0. The number of hydrogen-bond acceptors (Lipinski definition) is 3. The molecule has 0 saturated heterocycles. The van der Waals surface area contributed by atoms with Gasteiger partial charge in [-0.1, -0.05) is 167 Å². The molecule has 3 heteroatoms. The van der Waals surface area contributed by atoms with Crippen LogP contribution < -0.4 is 4.90 Å². The van der Waals surface area contributed by atoms with E-state index in [2.05, 4.69) is 158 Å². The summed E-state index contributed by atoms with van der Waals surface area (Å²) in [6.07, 6.45) is 6.06. The SMILES string of the molecule is CC1(C)c2ccccc2N(c2ccc(C3(c4ccc(-c5cc(-c6ccccc6)nc(-c6ccccc6)n5)cc4)CCCCC3)cc2)c2ccccc21. The fourth-order valence-corrected chi connectivity index (χ4v) is 8.80. The van der Waals surface area contributed by atoms with Crippen molar-refractivity contribution in [2.24, 2.45) is 0 Å². The minimum Gasteiger partial charge on any atom is -0.310 e. The molecule has 1 aliphatic heterocycles. The first kappa shape index (κ1) is 32.1. The molecule has 6 aromatic carbocycles. The van der Waals surface area contributed by atoms with Crippen LogP contribution in [0.3, 0.4) is 0 Å². The number of nitrogens with zero attached hydrogens (tertiary/aromatic N) is 3. The molecule has 3 nitrogen and oxygen atoms in total. The number of para-hydroxylation sites is 2. The molecule has 0 N–H and O–H groups in total. The lowest BCUT2D eigenvalue weighted by atomic mass is 9.65. The molecule has 1 aliphatic carbocycles. The predicted octanol–water partition coefficient (Wildman–Crippen LogP) is 12.8. The number of aromatic nitrogens is 2. The number of anilines is 3. The minimum absolute atomic E-state index is 0.0227. The molecular weight excluding hydrogens is 631 g/mol. The summed E-state index contributed by atoms with van der Waals surface area (Å²) in [5.41, 5.74) is 14.2. The largest absolute Gasteiger partial charge is 0.310 e. The van der Waals surface area contributed by atoms with E-state index in [1.807, 2.05) is 24.3 Å². The first-order valence-corrected chi connectivity index (χ1v) is 18.7. The summed E-state index contributed by atoms with van der Waals surface area (Å²) in [6.45, 7) is 4.69. The van der Waals surface area contributed by atoms with Crippen molar-refractivity contribution in [3.05, 3.63) is 186 Å². The van der Waals surface area contributed by atoms with Gasteiger partial charge in [0.05, 0.1) is 22.8 Å². The van der Waals surface area contributed by atoms with E-state index in [4.69, 9.17) is 9.97 Å². The van der Waals surface area contributed by atoms with Gasteiger partial charge >= 0.3 is 0 Å². The molecule has 7 aromatic rings. The zero-order valence-electron chi connectivity index (χ0n) is 30.0. The smallest absolute Gasteiger partial charge is 0.160 e. The van der Waals surface area contributed by atoms with Crippen LogP contribution in [-0.2, 0) is 10.8 Å². The maximum atomic E-state index is 5.10. The summed E-state index contributed by atoms with van der Waals surface area (Å²) in [5, 5.41) is 0. The van der Waals surface area contributed by atoms with Gasteiger partial charge in [-0.05, 0) is 65.4 Å². The minimum atomic E-state index is -0.0695. The van der Waals surface area contributed by atoms with E-state index < -0.39 is 0 Å². The number of benzene rings is 6. The molecule has 0 spiro atoms. The van der Waals surface area contributed by atoms with Crippen LogP contribution in [0.15, 0.2) is 164 Å². The molecule has 0 bridgehead atoms. The fourth-order valence-electron chi connectivity index (χ4n) is 8.80. The Hall–Kier alpha value is -5.80. The zero-order chi connectivity index (χ0) is 35.1. The van der Waals surface area contributed by atoms with Crippen LogP contribution in [0.25, 0.3) is 33.9 Å². The van der Waals surface area contributed by atoms with Gasteiger partial charge in [-0.25, -0.2) is 9.97 Å². The second kappa shape index (κ2) is 13.1. The van der Waals surface area contributed by atoms with Gasteiger partial charge in [0.2, 0.25) is 0 Å². The predicted molar refractivity (Wildman–Crippen MR) is 215 cm³/mol. The Bertz CT molecular complexity index is 2230. The highest BCUT2D eigenvalue weighted by molar-refractivity contribution is 5.86. The van der Waals surface area contributed by atoms with Crippen LogP contribution in [0.5, 0.6) is 0 Å². The number of fused-ring (bicyclic) bond motifs is 2. The Labute approximate surface area is 307 Å². The van der Waals surface area contributed by atoms with Crippen LogP contribution in [0, 0.1) is 0 Å². The molecule has 0 radical (unpaired) electrons. The van der Waals surface area contributed by atoms with E-state index in [1.54, 1.807) is 0 Å². The number of hydrogen-bond donors (Lipinski definition) is 0. The number of rotatable bonds is 6. The average Bonchev–Trinajstić information content (AvgIpc) is 3.22. The van der Waals surface area contributed by atoms with Crippen LogP contribution in [0.4, 0.5) is 17.1 Å². The monoisotopic (exact) mass is 673 g/mol. The first-order chi connectivity index (χ1) is 25.5. The van der Waals surface area contributed by atoms with E-state index in [0.29, 0.717) is 0 Å². The zero-order valence-corrected chi connectivity index (χ0v) is 30.0. The Morgan fingerprint density at radius 2 is 0.923 bits per heavy atom. The highest BCUT2D eigenvalue weighted by Crippen LogP contribution is 2.52. The third-order valence-electron chi connectivity index (χ3n) is 11.6. The second-order valence-electron chi connectivity index (χ2n) is 15.0. The third-order valence-corrected chi connectivity index (χ3v) is 11.6. The Kier molecular flexibility index (Phi) is 8.08. The summed E-state index contributed by atoms with van der Waals surface area (Å²) in [5.74, 6) is 0.743. The van der Waals surface area contributed by atoms with Gasteiger partial charge in [-0.2, -0.15) is 0 Å². The summed E-state index contributed by atoms with van der Waals surface area (Å²) in [7, 11) is 0. The van der Waals surface area contributed by atoms with E-state index in [-0.39, 0.29) is 10.8 Å².